The van der Waals surface area contributed by atoms with Crippen LogP contribution in [0.25, 0.3) is 11.2 Å². The van der Waals surface area contributed by atoms with Gasteiger partial charge < -0.3 is 15.0 Å². The van der Waals surface area contributed by atoms with E-state index >= 15 is 0 Å². The number of aryl methyl sites for hydroxylation is 1. The van der Waals surface area contributed by atoms with Crippen LogP contribution in [0.5, 0.6) is 0 Å². The summed E-state index contributed by atoms with van der Waals surface area (Å²) in [6, 6.07) is 11.9. The summed E-state index contributed by atoms with van der Waals surface area (Å²) in [7, 11) is 1.61. The number of hydrogen-bond acceptors (Lipinski definition) is 6. The molecule has 1 aliphatic rings. The number of nitrogens with zero attached hydrogens (tertiary/aromatic N) is 4. The van der Waals surface area contributed by atoms with E-state index in [1.54, 1.807) is 17.9 Å². The van der Waals surface area contributed by atoms with E-state index in [4.69, 9.17) is 4.74 Å². The standard InChI is InChI=1S/C24H29N5O3/c1-17-5-7-18(8-6-17)16-29-21-20(4-3-11-25-21)27-22(24(29)31)28-13-9-19(10-14-28)23(30)26-12-15-32-2/h3-8,11,19H,9-10,12-16H2,1-2H3,(H,26,30). The van der Waals surface area contributed by atoms with E-state index in [9.17, 15) is 9.59 Å². The van der Waals surface area contributed by atoms with Gasteiger partial charge in [-0.3, -0.25) is 14.2 Å². The summed E-state index contributed by atoms with van der Waals surface area (Å²) >= 11 is 0. The highest BCUT2D eigenvalue weighted by atomic mass is 16.5. The Morgan fingerprint density at radius 1 is 1.19 bits per heavy atom. The fourth-order valence-electron chi connectivity index (χ4n) is 4.07. The summed E-state index contributed by atoms with van der Waals surface area (Å²) in [6.45, 7) is 4.71. The number of ether oxygens (including phenoxy) is 1. The van der Waals surface area contributed by atoms with Crippen LogP contribution < -0.4 is 15.8 Å². The lowest BCUT2D eigenvalue weighted by atomic mass is 9.96. The average molecular weight is 436 g/mol. The van der Waals surface area contributed by atoms with Gasteiger partial charge in [-0.15, -0.1) is 0 Å². The molecule has 1 amide bonds. The highest BCUT2D eigenvalue weighted by molar-refractivity contribution is 5.79. The van der Waals surface area contributed by atoms with Crippen molar-refractivity contribution in [1.82, 2.24) is 19.9 Å². The number of nitrogens with one attached hydrogen (secondary N) is 1. The van der Waals surface area contributed by atoms with Crippen molar-refractivity contribution in [3.63, 3.8) is 0 Å². The summed E-state index contributed by atoms with van der Waals surface area (Å²) in [5, 5.41) is 2.91. The number of amides is 1. The predicted molar refractivity (Wildman–Crippen MR) is 124 cm³/mol. The van der Waals surface area contributed by atoms with Crippen LogP contribution in [0.2, 0.25) is 0 Å². The number of carbonyl (C=O) groups excluding carboxylic acids is 1. The van der Waals surface area contributed by atoms with Gasteiger partial charge in [0.25, 0.3) is 5.56 Å². The molecule has 8 nitrogen and oxygen atoms in total. The van der Waals surface area contributed by atoms with Crippen LogP contribution in [0.3, 0.4) is 0 Å². The van der Waals surface area contributed by atoms with Crippen LogP contribution in [0.15, 0.2) is 47.4 Å². The number of fused-ring (bicyclic) bond motifs is 1. The molecule has 0 bridgehead atoms. The van der Waals surface area contributed by atoms with E-state index in [1.807, 2.05) is 48.2 Å². The Hall–Kier alpha value is -3.26. The largest absolute Gasteiger partial charge is 0.383 e. The van der Waals surface area contributed by atoms with Crippen LogP contribution in [-0.4, -0.2) is 53.8 Å². The summed E-state index contributed by atoms with van der Waals surface area (Å²) in [6.07, 6.45) is 3.05. The molecule has 2 aromatic heterocycles. The van der Waals surface area contributed by atoms with Crippen LogP contribution >= 0.6 is 0 Å². The van der Waals surface area contributed by atoms with Crippen molar-refractivity contribution in [2.24, 2.45) is 5.92 Å². The quantitative estimate of drug-likeness (QED) is 0.572. The Labute approximate surface area is 187 Å². The molecule has 8 heteroatoms. The second-order valence-electron chi connectivity index (χ2n) is 8.20. The van der Waals surface area contributed by atoms with Crippen LogP contribution in [0.1, 0.15) is 24.0 Å². The van der Waals surface area contributed by atoms with Gasteiger partial charge in [-0.05, 0) is 37.5 Å². The van der Waals surface area contributed by atoms with Crippen molar-refractivity contribution >= 4 is 22.9 Å². The lowest BCUT2D eigenvalue weighted by molar-refractivity contribution is -0.125. The van der Waals surface area contributed by atoms with Gasteiger partial charge in [0, 0.05) is 38.9 Å². The molecular formula is C24H29N5O3. The maximum Gasteiger partial charge on any atom is 0.295 e. The monoisotopic (exact) mass is 435 g/mol. The third-order valence-corrected chi connectivity index (χ3v) is 5.92. The molecule has 1 aliphatic heterocycles. The minimum atomic E-state index is -0.153. The van der Waals surface area contributed by atoms with Gasteiger partial charge in [0.2, 0.25) is 5.91 Å². The molecule has 1 aromatic carbocycles. The summed E-state index contributed by atoms with van der Waals surface area (Å²) < 4.78 is 6.69. The molecule has 3 heterocycles. The topological polar surface area (TPSA) is 89.3 Å². The zero-order valence-electron chi connectivity index (χ0n) is 18.6. The number of methoxy groups -OCH3 is 1. The minimum absolute atomic E-state index is 0.0501. The van der Waals surface area contributed by atoms with Crippen molar-refractivity contribution in [3.8, 4) is 0 Å². The number of benzene rings is 1. The van der Waals surface area contributed by atoms with Crippen molar-refractivity contribution in [2.45, 2.75) is 26.3 Å². The van der Waals surface area contributed by atoms with Crippen molar-refractivity contribution < 1.29 is 9.53 Å². The van der Waals surface area contributed by atoms with E-state index < -0.39 is 0 Å². The summed E-state index contributed by atoms with van der Waals surface area (Å²) in [5.41, 5.74) is 3.32. The summed E-state index contributed by atoms with van der Waals surface area (Å²) in [5.74, 6) is 0.421. The average Bonchev–Trinajstić information content (AvgIpc) is 2.82. The zero-order valence-corrected chi connectivity index (χ0v) is 18.6. The number of carbonyl (C=O) groups is 1. The maximum absolute atomic E-state index is 13.5. The van der Waals surface area contributed by atoms with E-state index in [2.05, 4.69) is 15.3 Å². The summed E-state index contributed by atoms with van der Waals surface area (Å²) in [4.78, 5) is 36.9. The van der Waals surface area contributed by atoms with Gasteiger partial charge in [0.1, 0.15) is 5.52 Å². The van der Waals surface area contributed by atoms with Gasteiger partial charge in [-0.25, -0.2) is 9.97 Å². The molecule has 32 heavy (non-hydrogen) atoms. The number of pyridine rings is 1. The fourth-order valence-corrected chi connectivity index (χ4v) is 4.07. The van der Waals surface area contributed by atoms with Gasteiger partial charge in [-0.2, -0.15) is 0 Å². The number of piperidine rings is 1. The first-order chi connectivity index (χ1) is 15.6. The molecule has 0 aliphatic carbocycles. The molecule has 3 aromatic rings. The minimum Gasteiger partial charge on any atom is -0.383 e. The molecule has 0 unspecified atom stereocenters. The second kappa shape index (κ2) is 9.91. The molecule has 168 valence electrons. The van der Waals surface area contributed by atoms with E-state index in [0.29, 0.717) is 62.6 Å². The van der Waals surface area contributed by atoms with Crippen molar-refractivity contribution in [1.29, 1.82) is 0 Å². The SMILES string of the molecule is COCCNC(=O)C1CCN(c2nc3cccnc3n(Cc3ccc(C)cc3)c2=O)CC1. The van der Waals surface area contributed by atoms with E-state index in [1.165, 1.54) is 5.56 Å². The van der Waals surface area contributed by atoms with Crippen LogP contribution in [-0.2, 0) is 16.1 Å². The predicted octanol–water partition coefficient (Wildman–Crippen LogP) is 2.13. The first-order valence-electron chi connectivity index (χ1n) is 11.0. The fraction of sp³-hybridized carbons (Fsp3) is 0.417. The molecule has 1 saturated heterocycles. The number of anilines is 1. The Balaban J connectivity index is 1.57. The Morgan fingerprint density at radius 2 is 1.94 bits per heavy atom. The Kier molecular flexibility index (Phi) is 6.80. The highest BCUT2D eigenvalue weighted by Gasteiger charge is 2.27. The van der Waals surface area contributed by atoms with Gasteiger partial charge in [0.05, 0.1) is 13.2 Å². The molecular weight excluding hydrogens is 406 g/mol. The molecule has 1 N–H and O–H groups in total. The number of hydrogen-bond donors (Lipinski definition) is 1. The van der Waals surface area contributed by atoms with E-state index in [0.717, 1.165) is 5.56 Å². The first kappa shape index (κ1) is 22.0. The smallest absolute Gasteiger partial charge is 0.295 e. The molecule has 0 atom stereocenters. The van der Waals surface area contributed by atoms with Gasteiger partial charge >= 0.3 is 0 Å². The Bertz CT molecular complexity index is 1130. The van der Waals surface area contributed by atoms with Crippen molar-refractivity contribution in [3.05, 3.63) is 64.1 Å². The van der Waals surface area contributed by atoms with Crippen molar-refractivity contribution in [2.75, 3.05) is 38.3 Å². The second-order valence-corrected chi connectivity index (χ2v) is 8.20. The van der Waals surface area contributed by atoms with E-state index in [-0.39, 0.29) is 17.4 Å². The van der Waals surface area contributed by atoms with Crippen LogP contribution in [0.4, 0.5) is 5.82 Å². The lowest BCUT2D eigenvalue weighted by Crippen LogP contribution is -2.43. The van der Waals surface area contributed by atoms with Gasteiger partial charge in [-0.1, -0.05) is 29.8 Å². The third kappa shape index (κ3) is 4.80. The maximum atomic E-state index is 13.5. The molecule has 0 saturated carbocycles. The normalized spacial score (nSPS) is 14.6. The van der Waals surface area contributed by atoms with Crippen LogP contribution in [0, 0.1) is 12.8 Å². The first-order valence-corrected chi connectivity index (χ1v) is 11.0. The molecule has 4 rings (SSSR count). The molecule has 0 spiro atoms. The Morgan fingerprint density at radius 3 is 2.66 bits per heavy atom. The highest BCUT2D eigenvalue weighted by Crippen LogP contribution is 2.22. The zero-order chi connectivity index (χ0) is 22.5. The number of aromatic nitrogens is 3. The molecule has 1 fully saturated rings. The number of rotatable bonds is 7. The third-order valence-electron chi connectivity index (χ3n) is 5.92. The molecule has 0 radical (unpaired) electrons. The lowest BCUT2D eigenvalue weighted by Gasteiger charge is -2.32. The van der Waals surface area contributed by atoms with Gasteiger partial charge in [0.15, 0.2) is 11.5 Å².